The fraction of sp³-hybridized carbons (Fsp3) is 0.621. The van der Waals surface area contributed by atoms with Crippen LogP contribution >= 0.6 is 11.6 Å². The second kappa shape index (κ2) is 8.64. The van der Waals surface area contributed by atoms with Gasteiger partial charge in [0.2, 0.25) is 0 Å². The van der Waals surface area contributed by atoms with E-state index in [0.717, 1.165) is 61.2 Å². The highest BCUT2D eigenvalue weighted by molar-refractivity contribution is 6.33. The number of halogens is 1. The lowest BCUT2D eigenvalue weighted by molar-refractivity contribution is -0.00274. The monoisotopic (exact) mass is 494 g/mol. The van der Waals surface area contributed by atoms with Gasteiger partial charge in [0.25, 0.3) is 0 Å². The molecule has 0 saturated carbocycles. The first-order valence-corrected chi connectivity index (χ1v) is 14.1. The van der Waals surface area contributed by atoms with Crippen LogP contribution in [-0.2, 0) is 19.4 Å². The summed E-state index contributed by atoms with van der Waals surface area (Å²) in [4.78, 5) is 18.2. The summed E-state index contributed by atoms with van der Waals surface area (Å²) in [7, 11) is 0. The maximum atomic E-state index is 12.9. The molecule has 6 heteroatoms. The Labute approximate surface area is 211 Å². The van der Waals surface area contributed by atoms with Gasteiger partial charge < -0.3 is 9.52 Å². The van der Waals surface area contributed by atoms with Crippen molar-refractivity contribution in [2.24, 2.45) is 11.8 Å². The molecule has 0 amide bonds. The molecule has 5 nitrogen and oxygen atoms in total. The number of aryl methyl sites for hydroxylation is 1. The summed E-state index contributed by atoms with van der Waals surface area (Å²) in [6.45, 7) is 3.99. The number of likely N-dealkylation sites (tertiary alicyclic amines) is 1. The van der Waals surface area contributed by atoms with Gasteiger partial charge >= 0.3 is 5.63 Å². The van der Waals surface area contributed by atoms with E-state index in [9.17, 15) is 9.90 Å². The Morgan fingerprint density at radius 1 is 1.06 bits per heavy atom. The number of hydrogen-bond donors (Lipinski definition) is 1. The first-order valence-electron chi connectivity index (χ1n) is 13.8. The van der Waals surface area contributed by atoms with Gasteiger partial charge in [0.1, 0.15) is 11.3 Å². The van der Waals surface area contributed by atoms with E-state index >= 15 is 0 Å². The molecule has 1 aromatic carbocycles. The van der Waals surface area contributed by atoms with Crippen LogP contribution in [0.15, 0.2) is 26.9 Å². The van der Waals surface area contributed by atoms with Gasteiger partial charge in [0.05, 0.1) is 10.6 Å². The molecule has 3 saturated heterocycles. The van der Waals surface area contributed by atoms with Crippen molar-refractivity contribution in [3.8, 4) is 5.75 Å². The highest BCUT2D eigenvalue weighted by atomic mass is 35.5. The number of benzene rings is 1. The summed E-state index contributed by atoms with van der Waals surface area (Å²) in [5, 5.41) is 12.4. The van der Waals surface area contributed by atoms with E-state index in [2.05, 4.69) is 15.9 Å². The van der Waals surface area contributed by atoms with Crippen molar-refractivity contribution >= 4 is 22.6 Å². The molecule has 5 aliphatic rings. The molecule has 0 spiro atoms. The molecule has 2 aliphatic carbocycles. The fourth-order valence-electron chi connectivity index (χ4n) is 8.21. The Kier molecular flexibility index (Phi) is 5.52. The second-order valence-electron chi connectivity index (χ2n) is 11.6. The van der Waals surface area contributed by atoms with E-state index in [4.69, 9.17) is 16.0 Å². The van der Waals surface area contributed by atoms with E-state index in [1.165, 1.54) is 45.2 Å². The van der Waals surface area contributed by atoms with Crippen LogP contribution < -0.4 is 5.63 Å². The lowest BCUT2D eigenvalue weighted by Crippen LogP contribution is -2.59. The topological polar surface area (TPSA) is 56.9 Å². The Hall–Kier alpha value is -1.82. The molecule has 35 heavy (non-hydrogen) atoms. The number of piperidine rings is 3. The second-order valence-corrected chi connectivity index (χ2v) is 12.0. The Morgan fingerprint density at radius 3 is 2.80 bits per heavy atom. The van der Waals surface area contributed by atoms with Gasteiger partial charge in [-0.2, -0.15) is 0 Å². The lowest BCUT2D eigenvalue weighted by atomic mass is 9.68. The van der Waals surface area contributed by atoms with Gasteiger partial charge in [-0.3, -0.25) is 9.80 Å². The standard InChI is InChI=1S/C29H35ClN2O3/c30-24-14-22-20-7-1-2-8-21(20)29(34)35-28(22)23(27(24)33)16-32-11-5-6-17-12-18-13-19(26(17)32)15-31-10-4-3-9-25(18)31/h12,14,18-19,25-26,33H,1-11,13,15-16H2/t18-,19-,25+,26+/m0/s1. The average molecular weight is 495 g/mol. The number of hydrogen-bond acceptors (Lipinski definition) is 5. The number of rotatable bonds is 2. The molecule has 7 rings (SSSR count). The molecule has 2 aromatic rings. The third-order valence-electron chi connectivity index (χ3n) is 9.66. The maximum Gasteiger partial charge on any atom is 0.339 e. The smallest absolute Gasteiger partial charge is 0.339 e. The molecule has 0 radical (unpaired) electrons. The minimum absolute atomic E-state index is 0.0719. The van der Waals surface area contributed by atoms with Crippen LogP contribution in [-0.4, -0.2) is 46.6 Å². The van der Waals surface area contributed by atoms with Crippen LogP contribution in [0, 0.1) is 11.8 Å². The van der Waals surface area contributed by atoms with Crippen molar-refractivity contribution in [2.75, 3.05) is 19.6 Å². The van der Waals surface area contributed by atoms with Crippen LogP contribution in [0.5, 0.6) is 5.75 Å². The van der Waals surface area contributed by atoms with Crippen molar-refractivity contribution in [1.29, 1.82) is 0 Å². The predicted molar refractivity (Wildman–Crippen MR) is 138 cm³/mol. The summed E-state index contributed by atoms with van der Waals surface area (Å²) in [6, 6.07) is 2.96. The highest BCUT2D eigenvalue weighted by Gasteiger charge is 2.46. The molecule has 1 aromatic heterocycles. The minimum Gasteiger partial charge on any atom is -0.506 e. The molecular formula is C29H35ClN2O3. The zero-order valence-electron chi connectivity index (χ0n) is 20.4. The first-order chi connectivity index (χ1) is 17.1. The van der Waals surface area contributed by atoms with E-state index in [-0.39, 0.29) is 11.4 Å². The molecule has 3 fully saturated rings. The van der Waals surface area contributed by atoms with Crippen molar-refractivity contribution < 1.29 is 9.52 Å². The number of aromatic hydroxyl groups is 1. The average Bonchev–Trinajstić information content (AvgIpc) is 2.88. The van der Waals surface area contributed by atoms with Gasteiger partial charge in [-0.05, 0) is 94.3 Å². The molecule has 4 heterocycles. The predicted octanol–water partition coefficient (Wildman–Crippen LogP) is 5.43. The van der Waals surface area contributed by atoms with Gasteiger partial charge in [-0.15, -0.1) is 0 Å². The summed E-state index contributed by atoms with van der Waals surface area (Å²) >= 11 is 6.58. The Morgan fingerprint density at radius 2 is 1.91 bits per heavy atom. The third kappa shape index (κ3) is 3.60. The van der Waals surface area contributed by atoms with Crippen LogP contribution in [0.3, 0.4) is 0 Å². The van der Waals surface area contributed by atoms with Crippen molar-refractivity contribution in [2.45, 2.75) is 82.8 Å². The normalized spacial score (nSPS) is 30.9. The Bertz CT molecular complexity index is 1270. The molecule has 186 valence electrons. The fourth-order valence-corrected chi connectivity index (χ4v) is 8.43. The summed E-state index contributed by atoms with van der Waals surface area (Å²) < 4.78 is 5.93. The van der Waals surface area contributed by atoms with E-state index < -0.39 is 0 Å². The van der Waals surface area contributed by atoms with Gasteiger partial charge in [0, 0.05) is 36.1 Å². The summed E-state index contributed by atoms with van der Waals surface area (Å²) in [5.41, 5.74) is 4.48. The van der Waals surface area contributed by atoms with E-state index in [0.29, 0.717) is 40.6 Å². The molecule has 2 bridgehead atoms. The zero-order chi connectivity index (χ0) is 23.7. The van der Waals surface area contributed by atoms with Crippen LogP contribution in [0.2, 0.25) is 5.02 Å². The zero-order valence-corrected chi connectivity index (χ0v) is 21.2. The highest BCUT2D eigenvalue weighted by Crippen LogP contribution is 2.46. The van der Waals surface area contributed by atoms with Crippen molar-refractivity contribution in [1.82, 2.24) is 9.80 Å². The summed E-state index contributed by atoms with van der Waals surface area (Å²) in [6.07, 6.45) is 14.0. The van der Waals surface area contributed by atoms with Gasteiger partial charge in [-0.1, -0.05) is 29.7 Å². The Balaban J connectivity index is 1.29. The number of fused-ring (bicyclic) bond motifs is 9. The van der Waals surface area contributed by atoms with Gasteiger partial charge in [0.15, 0.2) is 0 Å². The lowest BCUT2D eigenvalue weighted by Gasteiger charge is -2.54. The van der Waals surface area contributed by atoms with E-state index in [1.807, 2.05) is 6.07 Å². The SMILES string of the molecule is O=c1oc2c(CN3CCCC4=C[C@H]5C[C@@H](CN6CCCC[C@H]56)[C@@H]43)c(O)c(Cl)cc2c2c1CCCC2. The van der Waals surface area contributed by atoms with Crippen LogP contribution in [0.1, 0.15) is 68.1 Å². The molecule has 0 unspecified atom stereocenters. The van der Waals surface area contributed by atoms with Crippen LogP contribution in [0.4, 0.5) is 0 Å². The van der Waals surface area contributed by atoms with Crippen molar-refractivity contribution in [3.63, 3.8) is 0 Å². The summed E-state index contributed by atoms with van der Waals surface area (Å²) in [5.74, 6) is 1.40. The number of nitrogens with zero attached hydrogens (tertiary/aromatic N) is 2. The minimum atomic E-state index is -0.238. The molecule has 4 atom stereocenters. The van der Waals surface area contributed by atoms with Crippen LogP contribution in [0.25, 0.3) is 11.0 Å². The molecule has 1 N–H and O–H groups in total. The largest absolute Gasteiger partial charge is 0.506 e. The third-order valence-corrected chi connectivity index (χ3v) is 9.95. The first kappa shape index (κ1) is 22.4. The number of phenolic OH excluding ortho intramolecular Hbond substituents is 1. The molecular weight excluding hydrogens is 460 g/mol. The number of phenols is 1. The maximum absolute atomic E-state index is 12.9. The van der Waals surface area contributed by atoms with E-state index in [1.54, 1.807) is 5.57 Å². The molecule has 3 aliphatic heterocycles. The van der Waals surface area contributed by atoms with Crippen molar-refractivity contribution in [3.05, 3.63) is 49.8 Å². The van der Waals surface area contributed by atoms with Gasteiger partial charge in [-0.25, -0.2) is 4.79 Å². The quantitative estimate of drug-likeness (QED) is 0.446.